The lowest BCUT2D eigenvalue weighted by atomic mass is 10.2. The van der Waals surface area contributed by atoms with Gasteiger partial charge in [0.1, 0.15) is 12.4 Å². The summed E-state index contributed by atoms with van der Waals surface area (Å²) in [5, 5.41) is 7.66. The average Bonchev–Trinajstić information content (AvgIpc) is 2.96. The van der Waals surface area contributed by atoms with Crippen LogP contribution in [0.25, 0.3) is 11.4 Å². The van der Waals surface area contributed by atoms with Crippen LogP contribution in [-0.2, 0) is 6.61 Å². The highest BCUT2D eigenvalue weighted by molar-refractivity contribution is 6.30. The number of nitrogens with zero attached hydrogens (tertiary/aromatic N) is 2. The molecule has 21 heavy (non-hydrogen) atoms. The number of halogens is 1. The molecule has 0 radical (unpaired) electrons. The van der Waals surface area contributed by atoms with Gasteiger partial charge in [-0.3, -0.25) is 5.10 Å². The molecule has 3 rings (SSSR count). The van der Waals surface area contributed by atoms with Crippen LogP contribution in [0.5, 0.6) is 5.75 Å². The second-order valence-electron chi connectivity index (χ2n) is 4.47. The Hall–Kier alpha value is -2.53. The molecule has 0 atom stereocenters. The maximum absolute atomic E-state index is 5.95. The number of hydrogen-bond donors (Lipinski definition) is 2. The van der Waals surface area contributed by atoms with Gasteiger partial charge in [-0.15, -0.1) is 0 Å². The number of ether oxygens (including phenoxy) is 1. The minimum Gasteiger partial charge on any atom is -0.486 e. The van der Waals surface area contributed by atoms with E-state index >= 15 is 0 Å². The monoisotopic (exact) mass is 300 g/mol. The second-order valence-corrected chi connectivity index (χ2v) is 4.91. The molecule has 0 bridgehead atoms. The van der Waals surface area contributed by atoms with E-state index in [0.29, 0.717) is 29.0 Å². The molecule has 0 saturated heterocycles. The van der Waals surface area contributed by atoms with Crippen molar-refractivity contribution in [2.24, 2.45) is 0 Å². The van der Waals surface area contributed by atoms with E-state index in [-0.39, 0.29) is 0 Å². The van der Waals surface area contributed by atoms with E-state index in [1.807, 2.05) is 36.4 Å². The third-order valence-electron chi connectivity index (χ3n) is 2.87. The first kappa shape index (κ1) is 13.5. The molecule has 1 heterocycles. The van der Waals surface area contributed by atoms with Gasteiger partial charge >= 0.3 is 0 Å². The zero-order chi connectivity index (χ0) is 14.7. The molecule has 3 aromatic rings. The van der Waals surface area contributed by atoms with E-state index in [1.165, 1.54) is 0 Å². The van der Waals surface area contributed by atoms with Crippen molar-refractivity contribution >= 4 is 17.3 Å². The van der Waals surface area contributed by atoms with Crippen molar-refractivity contribution in [1.29, 1.82) is 0 Å². The second kappa shape index (κ2) is 5.85. The van der Waals surface area contributed by atoms with Gasteiger partial charge in [-0.05, 0) is 36.4 Å². The van der Waals surface area contributed by atoms with Crippen molar-refractivity contribution < 1.29 is 4.74 Å². The van der Waals surface area contributed by atoms with E-state index < -0.39 is 0 Å². The molecule has 0 unspecified atom stereocenters. The highest BCUT2D eigenvalue weighted by Gasteiger charge is 2.07. The molecule has 0 saturated carbocycles. The van der Waals surface area contributed by atoms with Crippen LogP contribution in [0.3, 0.4) is 0 Å². The summed E-state index contributed by atoms with van der Waals surface area (Å²) in [7, 11) is 0. The molecule has 0 aliphatic heterocycles. The first-order chi connectivity index (χ1) is 10.2. The molecule has 0 aliphatic carbocycles. The van der Waals surface area contributed by atoms with Gasteiger partial charge < -0.3 is 10.5 Å². The lowest BCUT2D eigenvalue weighted by Crippen LogP contribution is -1.97. The Morgan fingerprint density at radius 2 is 1.95 bits per heavy atom. The number of aromatic nitrogens is 3. The van der Waals surface area contributed by atoms with Gasteiger partial charge in [0.15, 0.2) is 11.6 Å². The van der Waals surface area contributed by atoms with Gasteiger partial charge in [0.2, 0.25) is 0 Å². The van der Waals surface area contributed by atoms with Crippen molar-refractivity contribution in [3.63, 3.8) is 0 Å². The van der Waals surface area contributed by atoms with Gasteiger partial charge in [-0.2, -0.15) is 5.10 Å². The first-order valence-electron chi connectivity index (χ1n) is 6.36. The molecule has 3 N–H and O–H groups in total. The topological polar surface area (TPSA) is 76.8 Å². The highest BCUT2D eigenvalue weighted by Crippen LogP contribution is 2.19. The quantitative estimate of drug-likeness (QED) is 0.725. The molecule has 5 nitrogen and oxygen atoms in total. The van der Waals surface area contributed by atoms with E-state index in [4.69, 9.17) is 22.1 Å². The number of H-pyrrole nitrogens is 1. The van der Waals surface area contributed by atoms with Crippen LogP contribution in [0.4, 0.5) is 5.69 Å². The Kier molecular flexibility index (Phi) is 3.75. The van der Waals surface area contributed by atoms with Gasteiger partial charge in [0.05, 0.1) is 0 Å². The minimum atomic E-state index is 0.303. The molecule has 0 spiro atoms. The standard InChI is InChI=1S/C15H13ClN4O/c16-11-3-1-2-10(8-11)15-18-14(19-20-15)9-21-13-6-4-12(17)5-7-13/h1-8H,9,17H2,(H,18,19,20). The van der Waals surface area contributed by atoms with Crippen LogP contribution in [0.15, 0.2) is 48.5 Å². The fraction of sp³-hybridized carbons (Fsp3) is 0.0667. The Balaban J connectivity index is 1.69. The number of hydrogen-bond acceptors (Lipinski definition) is 4. The van der Waals surface area contributed by atoms with Crippen LogP contribution in [0.1, 0.15) is 5.82 Å². The summed E-state index contributed by atoms with van der Waals surface area (Å²) >= 11 is 5.95. The number of aromatic amines is 1. The predicted octanol–water partition coefficient (Wildman–Crippen LogP) is 3.29. The maximum Gasteiger partial charge on any atom is 0.181 e. The van der Waals surface area contributed by atoms with Crippen molar-refractivity contribution in [3.8, 4) is 17.1 Å². The minimum absolute atomic E-state index is 0.303. The van der Waals surface area contributed by atoms with E-state index in [0.717, 1.165) is 11.3 Å². The number of benzene rings is 2. The lowest BCUT2D eigenvalue weighted by molar-refractivity contribution is 0.296. The third kappa shape index (κ3) is 3.32. The molecule has 0 fully saturated rings. The summed E-state index contributed by atoms with van der Waals surface area (Å²) in [5.41, 5.74) is 7.18. The Labute approximate surface area is 126 Å². The third-order valence-corrected chi connectivity index (χ3v) is 3.11. The molecule has 0 aliphatic rings. The van der Waals surface area contributed by atoms with Crippen LogP contribution >= 0.6 is 11.6 Å². The molecule has 6 heteroatoms. The molecular formula is C15H13ClN4O. The van der Waals surface area contributed by atoms with E-state index in [2.05, 4.69) is 15.2 Å². The number of nitrogens with one attached hydrogen (secondary N) is 1. The molecule has 2 aromatic carbocycles. The number of anilines is 1. The maximum atomic E-state index is 5.95. The molecular weight excluding hydrogens is 288 g/mol. The summed E-state index contributed by atoms with van der Waals surface area (Å²) in [5.74, 6) is 1.96. The predicted molar refractivity (Wildman–Crippen MR) is 82.0 cm³/mol. The van der Waals surface area contributed by atoms with Crippen LogP contribution in [-0.4, -0.2) is 15.2 Å². The summed E-state index contributed by atoms with van der Waals surface area (Å²) in [6.07, 6.45) is 0. The van der Waals surface area contributed by atoms with Crippen LogP contribution < -0.4 is 10.5 Å². The largest absolute Gasteiger partial charge is 0.486 e. The van der Waals surface area contributed by atoms with Crippen molar-refractivity contribution in [3.05, 3.63) is 59.4 Å². The number of nitrogen functional groups attached to an aromatic ring is 1. The average molecular weight is 301 g/mol. The summed E-state index contributed by atoms with van der Waals surface area (Å²) < 4.78 is 5.60. The number of rotatable bonds is 4. The molecule has 106 valence electrons. The zero-order valence-electron chi connectivity index (χ0n) is 11.1. The zero-order valence-corrected chi connectivity index (χ0v) is 11.8. The van der Waals surface area contributed by atoms with Gasteiger partial charge in [-0.25, -0.2) is 4.98 Å². The highest BCUT2D eigenvalue weighted by atomic mass is 35.5. The summed E-state index contributed by atoms with van der Waals surface area (Å²) in [6.45, 7) is 0.303. The van der Waals surface area contributed by atoms with Gasteiger partial charge in [0, 0.05) is 16.3 Å². The van der Waals surface area contributed by atoms with Crippen LogP contribution in [0, 0.1) is 0 Å². The fourth-order valence-electron chi connectivity index (χ4n) is 1.83. The number of nitrogens with two attached hydrogens (primary N) is 1. The normalized spacial score (nSPS) is 10.5. The van der Waals surface area contributed by atoms with Crippen molar-refractivity contribution in [1.82, 2.24) is 15.2 Å². The lowest BCUT2D eigenvalue weighted by Gasteiger charge is -2.03. The Morgan fingerprint density at radius 3 is 2.71 bits per heavy atom. The van der Waals surface area contributed by atoms with Gasteiger partial charge in [0.25, 0.3) is 0 Å². The Morgan fingerprint density at radius 1 is 1.14 bits per heavy atom. The smallest absolute Gasteiger partial charge is 0.181 e. The van der Waals surface area contributed by atoms with Crippen molar-refractivity contribution in [2.45, 2.75) is 6.61 Å². The van der Waals surface area contributed by atoms with E-state index in [9.17, 15) is 0 Å². The fourth-order valence-corrected chi connectivity index (χ4v) is 2.02. The van der Waals surface area contributed by atoms with Gasteiger partial charge in [-0.1, -0.05) is 23.7 Å². The van der Waals surface area contributed by atoms with Crippen LogP contribution in [0.2, 0.25) is 5.02 Å². The van der Waals surface area contributed by atoms with Crippen molar-refractivity contribution in [2.75, 3.05) is 5.73 Å². The molecule has 0 amide bonds. The van der Waals surface area contributed by atoms with E-state index in [1.54, 1.807) is 12.1 Å². The first-order valence-corrected chi connectivity index (χ1v) is 6.74. The Bertz CT molecular complexity index is 739. The summed E-state index contributed by atoms with van der Waals surface area (Å²) in [4.78, 5) is 4.38. The summed E-state index contributed by atoms with van der Waals surface area (Å²) in [6, 6.07) is 14.6. The SMILES string of the molecule is Nc1ccc(OCc2nc(-c3cccc(Cl)c3)n[nH]2)cc1. The molecule has 1 aromatic heterocycles.